The molecule has 0 radical (unpaired) electrons. The number of carbonyl (C=O) groups excluding carboxylic acids is 1. The van der Waals surface area contributed by atoms with E-state index in [2.05, 4.69) is 48.7 Å². The van der Waals surface area contributed by atoms with Crippen molar-refractivity contribution in [3.63, 3.8) is 0 Å². The number of rotatable bonds is 4. The van der Waals surface area contributed by atoms with Gasteiger partial charge in [0, 0.05) is 35.8 Å². The highest BCUT2D eigenvalue weighted by molar-refractivity contribution is 6.16. The number of nitrogens with zero attached hydrogens (tertiary/aromatic N) is 1. The molecule has 0 atom stereocenters. The summed E-state index contributed by atoms with van der Waals surface area (Å²) in [5.41, 5.74) is 7.08. The molecule has 4 nitrogen and oxygen atoms in total. The Morgan fingerprint density at radius 1 is 1.00 bits per heavy atom. The lowest BCUT2D eigenvalue weighted by atomic mass is 10.0. The fraction of sp³-hybridized carbons (Fsp3) is 0.179. The van der Waals surface area contributed by atoms with Crippen molar-refractivity contribution < 1.29 is 14.3 Å². The summed E-state index contributed by atoms with van der Waals surface area (Å²) in [6, 6.07) is 18.2. The normalized spacial score (nSPS) is 14.1. The zero-order chi connectivity index (χ0) is 22.4. The molecule has 4 heteroatoms. The van der Waals surface area contributed by atoms with Crippen LogP contribution in [0.25, 0.3) is 17.0 Å². The first-order chi connectivity index (χ1) is 15.4. The standard InChI is InChI=1S/C28H25NO3/c1-17-9-10-18(2)21(11-17)16-31-22-12-19(3)27-25(14-22)32-26(28(27)30)13-20-15-29(4)24-8-6-5-7-23(20)24/h5-15H,16H2,1-4H3/b26-13-. The Kier molecular flexibility index (Phi) is 4.86. The highest BCUT2D eigenvalue weighted by Crippen LogP contribution is 2.38. The van der Waals surface area contributed by atoms with E-state index >= 15 is 0 Å². The topological polar surface area (TPSA) is 40.5 Å². The van der Waals surface area contributed by atoms with Crippen LogP contribution in [-0.2, 0) is 13.7 Å². The van der Waals surface area contributed by atoms with Gasteiger partial charge < -0.3 is 14.0 Å². The van der Waals surface area contributed by atoms with Crippen LogP contribution in [0.2, 0.25) is 0 Å². The molecule has 1 aromatic heterocycles. The van der Waals surface area contributed by atoms with Gasteiger partial charge in [0.25, 0.3) is 0 Å². The minimum absolute atomic E-state index is 0.0912. The molecule has 1 aliphatic heterocycles. The SMILES string of the molecule is Cc1ccc(C)c(COc2cc(C)c3c(c2)O/C(=C\c2cn(C)c4ccccc24)C3=O)c1. The summed E-state index contributed by atoms with van der Waals surface area (Å²) in [6.45, 7) is 6.55. The fourth-order valence-corrected chi connectivity index (χ4v) is 4.31. The van der Waals surface area contributed by atoms with Crippen molar-refractivity contribution in [2.75, 3.05) is 0 Å². The van der Waals surface area contributed by atoms with Gasteiger partial charge in [-0.1, -0.05) is 42.0 Å². The highest BCUT2D eigenvalue weighted by Gasteiger charge is 2.30. The molecule has 0 spiro atoms. The van der Waals surface area contributed by atoms with E-state index in [0.717, 1.165) is 27.6 Å². The Labute approximate surface area is 187 Å². The van der Waals surface area contributed by atoms with E-state index < -0.39 is 0 Å². The second-order valence-electron chi connectivity index (χ2n) is 8.48. The number of carbonyl (C=O) groups is 1. The minimum atomic E-state index is -0.0912. The molecule has 1 aliphatic rings. The quantitative estimate of drug-likeness (QED) is 0.362. The highest BCUT2D eigenvalue weighted by atomic mass is 16.5. The fourth-order valence-electron chi connectivity index (χ4n) is 4.31. The maximum Gasteiger partial charge on any atom is 0.232 e. The molecule has 0 amide bonds. The van der Waals surface area contributed by atoms with E-state index in [1.165, 1.54) is 11.1 Å². The monoisotopic (exact) mass is 423 g/mol. The zero-order valence-corrected chi connectivity index (χ0v) is 18.7. The van der Waals surface area contributed by atoms with E-state index in [-0.39, 0.29) is 5.78 Å². The van der Waals surface area contributed by atoms with Gasteiger partial charge in [-0.2, -0.15) is 0 Å². The number of aryl methyl sites for hydroxylation is 4. The van der Waals surface area contributed by atoms with Crippen molar-refractivity contribution in [3.05, 3.63) is 99.9 Å². The van der Waals surface area contributed by atoms with Crippen LogP contribution in [0, 0.1) is 20.8 Å². The van der Waals surface area contributed by atoms with Gasteiger partial charge in [0.2, 0.25) is 5.78 Å². The Morgan fingerprint density at radius 3 is 2.66 bits per heavy atom. The number of aromatic nitrogens is 1. The molecule has 0 saturated heterocycles. The number of benzene rings is 3. The van der Waals surface area contributed by atoms with E-state index in [0.29, 0.717) is 29.4 Å². The Hall–Kier alpha value is -3.79. The first-order valence-corrected chi connectivity index (χ1v) is 10.7. The Bertz CT molecular complexity index is 1410. The molecule has 0 fully saturated rings. The lowest BCUT2D eigenvalue weighted by molar-refractivity contribution is 0.101. The zero-order valence-electron chi connectivity index (χ0n) is 18.7. The van der Waals surface area contributed by atoms with Crippen LogP contribution in [0.5, 0.6) is 11.5 Å². The van der Waals surface area contributed by atoms with Crippen LogP contribution < -0.4 is 9.47 Å². The van der Waals surface area contributed by atoms with Gasteiger partial charge in [0.05, 0.1) is 5.56 Å². The van der Waals surface area contributed by atoms with Gasteiger partial charge in [0.1, 0.15) is 18.1 Å². The average molecular weight is 424 g/mol. The average Bonchev–Trinajstić information content (AvgIpc) is 3.26. The largest absolute Gasteiger partial charge is 0.489 e. The number of Topliss-reactive ketones (excluding diaryl/α,β-unsaturated/α-hetero) is 1. The third-order valence-corrected chi connectivity index (χ3v) is 6.06. The Morgan fingerprint density at radius 2 is 1.81 bits per heavy atom. The summed E-state index contributed by atoms with van der Waals surface area (Å²) in [5.74, 6) is 1.50. The van der Waals surface area contributed by atoms with E-state index in [4.69, 9.17) is 9.47 Å². The molecule has 0 aliphatic carbocycles. The number of hydrogen-bond acceptors (Lipinski definition) is 3. The molecular formula is C28H25NO3. The molecule has 32 heavy (non-hydrogen) atoms. The molecule has 2 heterocycles. The molecule has 0 unspecified atom stereocenters. The van der Waals surface area contributed by atoms with Crippen LogP contribution in [-0.4, -0.2) is 10.4 Å². The smallest absolute Gasteiger partial charge is 0.232 e. The van der Waals surface area contributed by atoms with Crippen molar-refractivity contribution in [1.82, 2.24) is 4.57 Å². The summed E-state index contributed by atoms with van der Waals surface area (Å²) in [4.78, 5) is 13.1. The summed E-state index contributed by atoms with van der Waals surface area (Å²) in [5, 5.41) is 1.09. The number of ether oxygens (including phenoxy) is 2. The minimum Gasteiger partial charge on any atom is -0.489 e. The van der Waals surface area contributed by atoms with Gasteiger partial charge in [-0.25, -0.2) is 0 Å². The van der Waals surface area contributed by atoms with Crippen molar-refractivity contribution in [1.29, 1.82) is 0 Å². The van der Waals surface area contributed by atoms with Gasteiger partial charge >= 0.3 is 0 Å². The number of fused-ring (bicyclic) bond motifs is 2. The van der Waals surface area contributed by atoms with Crippen LogP contribution in [0.3, 0.4) is 0 Å². The van der Waals surface area contributed by atoms with Crippen LogP contribution in [0.1, 0.15) is 38.2 Å². The lowest BCUT2D eigenvalue weighted by Crippen LogP contribution is -2.00. The first-order valence-electron chi connectivity index (χ1n) is 10.7. The van der Waals surface area contributed by atoms with Gasteiger partial charge in [-0.15, -0.1) is 0 Å². The van der Waals surface area contributed by atoms with E-state index in [1.54, 1.807) is 0 Å². The molecule has 160 valence electrons. The molecule has 4 aromatic rings. The van der Waals surface area contributed by atoms with Crippen LogP contribution in [0.15, 0.2) is 66.6 Å². The van der Waals surface area contributed by atoms with E-state index in [1.807, 2.05) is 50.5 Å². The summed E-state index contributed by atoms with van der Waals surface area (Å²) < 4.78 is 14.1. The molecule has 0 N–H and O–H groups in total. The summed E-state index contributed by atoms with van der Waals surface area (Å²) >= 11 is 0. The maximum atomic E-state index is 13.1. The predicted molar refractivity (Wildman–Crippen MR) is 127 cm³/mol. The molecule has 0 bridgehead atoms. The number of hydrogen-bond donors (Lipinski definition) is 0. The van der Waals surface area contributed by atoms with Crippen molar-refractivity contribution in [3.8, 4) is 11.5 Å². The van der Waals surface area contributed by atoms with Crippen LogP contribution >= 0.6 is 0 Å². The first kappa shape index (κ1) is 20.1. The number of ketones is 1. The molecular weight excluding hydrogens is 398 g/mol. The summed E-state index contributed by atoms with van der Waals surface area (Å²) in [7, 11) is 2.00. The molecule has 5 rings (SSSR count). The molecule has 3 aromatic carbocycles. The van der Waals surface area contributed by atoms with Crippen LogP contribution in [0.4, 0.5) is 0 Å². The second kappa shape index (κ2) is 7.72. The van der Waals surface area contributed by atoms with Gasteiger partial charge in [-0.05, 0) is 55.7 Å². The van der Waals surface area contributed by atoms with Crippen molar-refractivity contribution >= 4 is 22.8 Å². The van der Waals surface area contributed by atoms with E-state index in [9.17, 15) is 4.79 Å². The lowest BCUT2D eigenvalue weighted by Gasteiger charge is -2.11. The third kappa shape index (κ3) is 3.48. The second-order valence-corrected chi connectivity index (χ2v) is 8.48. The predicted octanol–water partition coefficient (Wildman–Crippen LogP) is 6.30. The molecule has 0 saturated carbocycles. The summed E-state index contributed by atoms with van der Waals surface area (Å²) in [6.07, 6.45) is 3.85. The number of para-hydroxylation sites is 1. The van der Waals surface area contributed by atoms with Gasteiger partial charge in [0.15, 0.2) is 5.76 Å². The van der Waals surface area contributed by atoms with Crippen molar-refractivity contribution in [2.45, 2.75) is 27.4 Å². The Balaban J connectivity index is 1.44. The van der Waals surface area contributed by atoms with Gasteiger partial charge in [-0.3, -0.25) is 4.79 Å². The number of allylic oxidation sites excluding steroid dienone is 1. The van der Waals surface area contributed by atoms with Crippen molar-refractivity contribution in [2.24, 2.45) is 7.05 Å². The third-order valence-electron chi connectivity index (χ3n) is 6.06. The maximum absolute atomic E-state index is 13.1.